The molecule has 17 heavy (non-hydrogen) atoms. The third-order valence-corrected chi connectivity index (χ3v) is 2.57. The first-order valence-corrected chi connectivity index (χ1v) is 5.10. The third kappa shape index (κ3) is 1.82. The zero-order chi connectivity index (χ0) is 12.6. The van der Waals surface area contributed by atoms with E-state index in [1.54, 1.807) is 0 Å². The predicted octanol–water partition coefficient (Wildman–Crippen LogP) is 2.25. The fourth-order valence-corrected chi connectivity index (χ4v) is 1.69. The minimum atomic E-state index is -1.15. The Morgan fingerprint density at radius 1 is 1.24 bits per heavy atom. The number of nitrogens with zero attached hydrogens (tertiary/aromatic N) is 1. The number of rotatable bonds is 2. The summed E-state index contributed by atoms with van der Waals surface area (Å²) in [5.41, 5.74) is 1.11. The summed E-state index contributed by atoms with van der Waals surface area (Å²) >= 11 is 5.31. The molecule has 0 radical (unpaired) electrons. The molecular formula is C11H6ClF2NO2. The molecule has 1 amide bonds. The van der Waals surface area contributed by atoms with Crippen molar-refractivity contribution in [2.24, 2.45) is 0 Å². The van der Waals surface area contributed by atoms with Gasteiger partial charge in [-0.3, -0.25) is 9.59 Å². The van der Waals surface area contributed by atoms with E-state index < -0.39 is 23.3 Å². The van der Waals surface area contributed by atoms with Gasteiger partial charge in [0.1, 0.15) is 0 Å². The molecule has 0 N–H and O–H groups in total. The van der Waals surface area contributed by atoms with Crippen LogP contribution in [0, 0.1) is 11.6 Å². The normalized spacial score (nSPS) is 14.9. The van der Waals surface area contributed by atoms with Crippen LogP contribution in [0.1, 0.15) is 10.4 Å². The fraction of sp³-hybridized carbons (Fsp3) is 0.0909. The summed E-state index contributed by atoms with van der Waals surface area (Å²) in [7, 11) is 0. The van der Waals surface area contributed by atoms with Crippen LogP contribution in [0.25, 0.3) is 0 Å². The molecule has 0 fully saturated rings. The van der Waals surface area contributed by atoms with E-state index in [1.165, 1.54) is 11.6 Å². The molecule has 0 spiro atoms. The van der Waals surface area contributed by atoms with Crippen LogP contribution in [0.2, 0.25) is 0 Å². The number of anilines is 1. The van der Waals surface area contributed by atoms with Crippen LogP contribution in [0.5, 0.6) is 0 Å². The highest BCUT2D eigenvalue weighted by atomic mass is 35.5. The zero-order valence-corrected chi connectivity index (χ0v) is 9.17. The van der Waals surface area contributed by atoms with Crippen LogP contribution in [-0.4, -0.2) is 18.2 Å². The second kappa shape index (κ2) is 4.25. The third-order valence-electron chi connectivity index (χ3n) is 2.39. The van der Waals surface area contributed by atoms with Crippen molar-refractivity contribution in [3.63, 3.8) is 0 Å². The van der Waals surface area contributed by atoms with Crippen LogP contribution >= 0.6 is 11.6 Å². The molecule has 1 aromatic rings. The van der Waals surface area contributed by atoms with Gasteiger partial charge in [-0.15, -0.1) is 0 Å². The van der Waals surface area contributed by atoms with Crippen LogP contribution in [0.3, 0.4) is 0 Å². The number of carbonyl (C=O) groups is 2. The van der Waals surface area contributed by atoms with Crippen LogP contribution in [0.4, 0.5) is 14.5 Å². The van der Waals surface area contributed by atoms with Gasteiger partial charge >= 0.3 is 0 Å². The maximum atomic E-state index is 13.1. The standard InChI is InChI=1S/C11H6ClF2NO2/c12-2-1-3-15-9-5-8(14)7(13)4-6(9)10(16)11(15)17/h1-2,4-5H,3H2/b2-1+. The lowest BCUT2D eigenvalue weighted by Gasteiger charge is -2.13. The van der Waals surface area contributed by atoms with Gasteiger partial charge in [-0.2, -0.15) is 0 Å². The van der Waals surface area contributed by atoms with E-state index in [2.05, 4.69) is 0 Å². The number of benzene rings is 1. The first kappa shape index (κ1) is 11.7. The second-order valence-corrected chi connectivity index (χ2v) is 3.64. The smallest absolute Gasteiger partial charge is 0.299 e. The lowest BCUT2D eigenvalue weighted by atomic mass is 10.1. The fourth-order valence-electron chi connectivity index (χ4n) is 1.62. The minimum absolute atomic E-state index is 0.0339. The van der Waals surface area contributed by atoms with Crippen molar-refractivity contribution in [3.05, 3.63) is 40.9 Å². The minimum Gasteiger partial charge on any atom is -0.301 e. The topological polar surface area (TPSA) is 37.4 Å². The molecule has 0 aromatic heterocycles. The summed E-state index contributed by atoms with van der Waals surface area (Å²) in [6.45, 7) is 0.0339. The van der Waals surface area contributed by atoms with Gasteiger partial charge in [-0.1, -0.05) is 17.7 Å². The Labute approximate surface area is 100 Å². The summed E-state index contributed by atoms with van der Waals surface area (Å²) in [5.74, 6) is -3.92. The molecule has 3 nitrogen and oxygen atoms in total. The second-order valence-electron chi connectivity index (χ2n) is 3.39. The van der Waals surface area contributed by atoms with Crippen LogP contribution in [0.15, 0.2) is 23.7 Å². The molecule has 0 unspecified atom stereocenters. The Kier molecular flexibility index (Phi) is 2.93. The molecule has 0 atom stereocenters. The van der Waals surface area contributed by atoms with Gasteiger partial charge in [-0.25, -0.2) is 8.78 Å². The van der Waals surface area contributed by atoms with E-state index >= 15 is 0 Å². The number of hydrogen-bond acceptors (Lipinski definition) is 2. The average molecular weight is 258 g/mol. The number of hydrogen-bond donors (Lipinski definition) is 0. The SMILES string of the molecule is O=C1C(=O)N(C/C=C/Cl)c2cc(F)c(F)cc21. The summed E-state index contributed by atoms with van der Waals surface area (Å²) < 4.78 is 26.0. The van der Waals surface area contributed by atoms with Gasteiger partial charge in [0.05, 0.1) is 11.3 Å². The molecule has 88 valence electrons. The van der Waals surface area contributed by atoms with Crippen molar-refractivity contribution < 1.29 is 18.4 Å². The lowest BCUT2D eigenvalue weighted by Crippen LogP contribution is -2.29. The molecule has 0 saturated carbocycles. The zero-order valence-electron chi connectivity index (χ0n) is 8.41. The van der Waals surface area contributed by atoms with Gasteiger partial charge in [0.15, 0.2) is 11.6 Å². The molecule has 2 rings (SSSR count). The van der Waals surface area contributed by atoms with E-state index in [4.69, 9.17) is 11.6 Å². The van der Waals surface area contributed by atoms with Crippen LogP contribution in [-0.2, 0) is 4.79 Å². The number of carbonyl (C=O) groups excluding carboxylic acids is 2. The molecule has 0 bridgehead atoms. The predicted molar refractivity (Wildman–Crippen MR) is 58.0 cm³/mol. The Hall–Kier alpha value is -1.75. The molecule has 1 heterocycles. The van der Waals surface area contributed by atoms with Crippen molar-refractivity contribution in [2.75, 3.05) is 11.4 Å². The number of amides is 1. The first-order valence-electron chi connectivity index (χ1n) is 4.66. The average Bonchev–Trinajstić information content (AvgIpc) is 2.52. The van der Waals surface area contributed by atoms with E-state index in [-0.39, 0.29) is 17.8 Å². The summed E-state index contributed by atoms with van der Waals surface area (Å²) in [6.07, 6.45) is 1.42. The highest BCUT2D eigenvalue weighted by molar-refractivity contribution is 6.52. The summed E-state index contributed by atoms with van der Waals surface area (Å²) in [6, 6.07) is 1.56. The van der Waals surface area contributed by atoms with E-state index in [9.17, 15) is 18.4 Å². The molecule has 1 aliphatic heterocycles. The maximum absolute atomic E-state index is 13.1. The van der Waals surface area contributed by atoms with Crippen molar-refractivity contribution in [3.8, 4) is 0 Å². The Morgan fingerprint density at radius 3 is 2.53 bits per heavy atom. The van der Waals surface area contributed by atoms with Crippen molar-refractivity contribution in [2.45, 2.75) is 0 Å². The van der Waals surface area contributed by atoms with E-state index in [0.29, 0.717) is 0 Å². The first-order chi connectivity index (χ1) is 8.06. The van der Waals surface area contributed by atoms with E-state index in [1.807, 2.05) is 0 Å². The van der Waals surface area contributed by atoms with Gasteiger partial charge in [0.2, 0.25) is 0 Å². The van der Waals surface area contributed by atoms with E-state index in [0.717, 1.165) is 17.0 Å². The van der Waals surface area contributed by atoms with Gasteiger partial charge in [-0.05, 0) is 6.07 Å². The van der Waals surface area contributed by atoms with Crippen molar-refractivity contribution >= 4 is 29.0 Å². The number of Topliss-reactive ketones (excluding diaryl/α,β-unsaturated/α-hetero) is 1. The van der Waals surface area contributed by atoms with Crippen molar-refractivity contribution in [1.29, 1.82) is 0 Å². The monoisotopic (exact) mass is 257 g/mol. The molecular weight excluding hydrogens is 252 g/mol. The summed E-state index contributed by atoms with van der Waals surface area (Å²) in [4.78, 5) is 24.1. The maximum Gasteiger partial charge on any atom is 0.299 e. The highest BCUT2D eigenvalue weighted by Gasteiger charge is 2.36. The quantitative estimate of drug-likeness (QED) is 0.762. The number of fused-ring (bicyclic) bond motifs is 1. The number of halogens is 3. The molecule has 0 saturated heterocycles. The van der Waals surface area contributed by atoms with Gasteiger partial charge < -0.3 is 4.90 Å². The highest BCUT2D eigenvalue weighted by Crippen LogP contribution is 2.30. The Morgan fingerprint density at radius 2 is 1.88 bits per heavy atom. The Balaban J connectivity index is 2.52. The molecule has 1 aliphatic rings. The Bertz CT molecular complexity index is 543. The van der Waals surface area contributed by atoms with Crippen molar-refractivity contribution in [1.82, 2.24) is 0 Å². The number of ketones is 1. The molecule has 6 heteroatoms. The van der Waals surface area contributed by atoms with Gasteiger partial charge in [0.25, 0.3) is 11.7 Å². The largest absolute Gasteiger partial charge is 0.301 e. The molecule has 0 aliphatic carbocycles. The molecule has 1 aromatic carbocycles. The summed E-state index contributed by atoms with van der Waals surface area (Å²) in [5, 5.41) is 0. The van der Waals surface area contributed by atoms with Gasteiger partial charge in [0, 0.05) is 18.1 Å². The lowest BCUT2D eigenvalue weighted by molar-refractivity contribution is -0.114. The van der Waals surface area contributed by atoms with Crippen LogP contribution < -0.4 is 4.90 Å².